The van der Waals surface area contributed by atoms with Crippen LogP contribution in [0.4, 0.5) is 0 Å². The standard InChI is InChI=1S/C13H22N4O/c1-10-8-17(7-6-14-10)9-11-4-5-12(15-11)13(18)16(2)3/h4-5,10,14-15H,6-9H2,1-3H3/t10-/m0/s1. The van der Waals surface area contributed by atoms with E-state index in [-0.39, 0.29) is 5.91 Å². The van der Waals surface area contributed by atoms with Crippen molar-refractivity contribution in [1.82, 2.24) is 20.1 Å². The number of carbonyl (C=O) groups excluding carboxylic acids is 1. The molecule has 0 unspecified atom stereocenters. The summed E-state index contributed by atoms with van der Waals surface area (Å²) < 4.78 is 0. The monoisotopic (exact) mass is 250 g/mol. The summed E-state index contributed by atoms with van der Waals surface area (Å²) in [5.74, 6) is 0.0231. The molecule has 5 heteroatoms. The Bertz CT molecular complexity index is 413. The number of hydrogen-bond donors (Lipinski definition) is 2. The van der Waals surface area contributed by atoms with Crippen LogP contribution >= 0.6 is 0 Å². The van der Waals surface area contributed by atoms with E-state index in [4.69, 9.17) is 0 Å². The van der Waals surface area contributed by atoms with Gasteiger partial charge in [-0.1, -0.05) is 0 Å². The number of nitrogens with zero attached hydrogens (tertiary/aromatic N) is 2. The molecule has 100 valence electrons. The molecule has 0 spiro atoms. The molecule has 0 aromatic carbocycles. The van der Waals surface area contributed by atoms with Crippen molar-refractivity contribution in [2.45, 2.75) is 19.5 Å². The highest BCUT2D eigenvalue weighted by Crippen LogP contribution is 2.09. The molecule has 1 atom stereocenters. The van der Waals surface area contributed by atoms with Crippen molar-refractivity contribution in [3.8, 4) is 0 Å². The van der Waals surface area contributed by atoms with Gasteiger partial charge in [-0.15, -0.1) is 0 Å². The van der Waals surface area contributed by atoms with Gasteiger partial charge in [0.15, 0.2) is 0 Å². The molecule has 1 aliphatic heterocycles. The second-order valence-corrected chi connectivity index (χ2v) is 5.19. The number of rotatable bonds is 3. The van der Waals surface area contributed by atoms with Crippen LogP contribution in [0.5, 0.6) is 0 Å². The fourth-order valence-corrected chi connectivity index (χ4v) is 2.29. The van der Waals surface area contributed by atoms with Crippen molar-refractivity contribution >= 4 is 5.91 Å². The van der Waals surface area contributed by atoms with E-state index in [0.29, 0.717) is 11.7 Å². The quantitative estimate of drug-likeness (QED) is 0.822. The highest BCUT2D eigenvalue weighted by atomic mass is 16.2. The Morgan fingerprint density at radius 2 is 2.28 bits per heavy atom. The van der Waals surface area contributed by atoms with Gasteiger partial charge in [-0.2, -0.15) is 0 Å². The molecule has 18 heavy (non-hydrogen) atoms. The van der Waals surface area contributed by atoms with Crippen LogP contribution in [0.1, 0.15) is 23.1 Å². The van der Waals surface area contributed by atoms with Crippen molar-refractivity contribution in [2.75, 3.05) is 33.7 Å². The molecule has 1 amide bonds. The van der Waals surface area contributed by atoms with E-state index in [0.717, 1.165) is 31.9 Å². The van der Waals surface area contributed by atoms with E-state index in [1.54, 1.807) is 19.0 Å². The minimum Gasteiger partial charge on any atom is -0.353 e. The van der Waals surface area contributed by atoms with Gasteiger partial charge >= 0.3 is 0 Å². The third-order valence-electron chi connectivity index (χ3n) is 3.23. The van der Waals surface area contributed by atoms with Crippen LogP contribution in [0, 0.1) is 0 Å². The molecule has 0 radical (unpaired) electrons. The van der Waals surface area contributed by atoms with Crippen LogP contribution in [0.25, 0.3) is 0 Å². The maximum Gasteiger partial charge on any atom is 0.269 e. The lowest BCUT2D eigenvalue weighted by molar-refractivity contribution is 0.0822. The van der Waals surface area contributed by atoms with Gasteiger partial charge in [0.05, 0.1) is 0 Å². The molecule has 1 fully saturated rings. The summed E-state index contributed by atoms with van der Waals surface area (Å²) in [4.78, 5) is 19.0. The summed E-state index contributed by atoms with van der Waals surface area (Å²) in [5, 5.41) is 3.42. The van der Waals surface area contributed by atoms with Gasteiger partial charge in [0.25, 0.3) is 5.91 Å². The smallest absolute Gasteiger partial charge is 0.269 e. The third-order valence-corrected chi connectivity index (χ3v) is 3.23. The SMILES string of the molecule is C[C@H]1CN(Cc2ccc(C(=O)N(C)C)[nH]2)CCN1. The van der Waals surface area contributed by atoms with Gasteiger partial charge in [0, 0.05) is 52.0 Å². The number of aromatic nitrogens is 1. The largest absolute Gasteiger partial charge is 0.353 e. The van der Waals surface area contributed by atoms with Crippen molar-refractivity contribution in [3.63, 3.8) is 0 Å². The normalized spacial score (nSPS) is 20.9. The van der Waals surface area contributed by atoms with E-state index in [2.05, 4.69) is 22.1 Å². The molecule has 2 rings (SSSR count). The Balaban J connectivity index is 1.96. The molecule has 1 saturated heterocycles. The first-order valence-corrected chi connectivity index (χ1v) is 6.41. The molecule has 0 bridgehead atoms. The van der Waals surface area contributed by atoms with Crippen LogP contribution in [-0.2, 0) is 6.54 Å². The molecule has 0 saturated carbocycles. The van der Waals surface area contributed by atoms with Gasteiger partial charge in [-0.25, -0.2) is 0 Å². The molecule has 1 aliphatic rings. The number of piperazine rings is 1. The Morgan fingerprint density at radius 1 is 1.50 bits per heavy atom. The van der Waals surface area contributed by atoms with E-state index in [1.165, 1.54) is 0 Å². The Hall–Kier alpha value is -1.33. The number of hydrogen-bond acceptors (Lipinski definition) is 3. The zero-order valence-corrected chi connectivity index (χ0v) is 11.4. The molecule has 1 aromatic rings. The summed E-state index contributed by atoms with van der Waals surface area (Å²) >= 11 is 0. The van der Waals surface area contributed by atoms with Crippen LogP contribution in [0.15, 0.2) is 12.1 Å². The molecule has 0 aliphatic carbocycles. The van der Waals surface area contributed by atoms with Crippen LogP contribution in [0.3, 0.4) is 0 Å². The molecule has 2 heterocycles. The number of aromatic amines is 1. The number of H-pyrrole nitrogens is 1. The van der Waals surface area contributed by atoms with Crippen molar-refractivity contribution in [2.24, 2.45) is 0 Å². The first kappa shape index (κ1) is 13.1. The fourth-order valence-electron chi connectivity index (χ4n) is 2.29. The summed E-state index contributed by atoms with van der Waals surface area (Å²) in [6.45, 7) is 6.22. The summed E-state index contributed by atoms with van der Waals surface area (Å²) in [5.41, 5.74) is 1.77. The molecule has 1 aromatic heterocycles. The van der Waals surface area contributed by atoms with Gasteiger partial charge in [0.2, 0.25) is 0 Å². The summed E-state index contributed by atoms with van der Waals surface area (Å²) in [6.07, 6.45) is 0. The highest BCUT2D eigenvalue weighted by Gasteiger charge is 2.17. The zero-order valence-electron chi connectivity index (χ0n) is 11.4. The van der Waals surface area contributed by atoms with E-state index >= 15 is 0 Å². The van der Waals surface area contributed by atoms with Gasteiger partial charge < -0.3 is 15.2 Å². The maximum absolute atomic E-state index is 11.8. The lowest BCUT2D eigenvalue weighted by atomic mass is 10.2. The van der Waals surface area contributed by atoms with Crippen LogP contribution in [0.2, 0.25) is 0 Å². The number of amides is 1. The number of nitrogens with one attached hydrogen (secondary N) is 2. The summed E-state index contributed by atoms with van der Waals surface area (Å²) in [6, 6.07) is 4.41. The van der Waals surface area contributed by atoms with Gasteiger partial charge in [0.1, 0.15) is 5.69 Å². The first-order chi connectivity index (χ1) is 8.56. The van der Waals surface area contributed by atoms with Crippen molar-refractivity contribution in [3.05, 3.63) is 23.5 Å². The van der Waals surface area contributed by atoms with Crippen molar-refractivity contribution < 1.29 is 4.79 Å². The predicted octanol–water partition coefficient (Wildman–Crippen LogP) is 0.510. The fraction of sp³-hybridized carbons (Fsp3) is 0.615. The zero-order chi connectivity index (χ0) is 13.1. The lowest BCUT2D eigenvalue weighted by Gasteiger charge is -2.31. The Labute approximate surface area is 108 Å². The topological polar surface area (TPSA) is 51.4 Å². The van der Waals surface area contributed by atoms with E-state index in [1.807, 2.05) is 12.1 Å². The average Bonchev–Trinajstić information content (AvgIpc) is 2.76. The minimum atomic E-state index is 0.0231. The number of carbonyl (C=O) groups is 1. The second kappa shape index (κ2) is 5.54. The van der Waals surface area contributed by atoms with E-state index < -0.39 is 0 Å². The maximum atomic E-state index is 11.8. The van der Waals surface area contributed by atoms with Gasteiger partial charge in [-0.3, -0.25) is 9.69 Å². The minimum absolute atomic E-state index is 0.0231. The average molecular weight is 250 g/mol. The van der Waals surface area contributed by atoms with Gasteiger partial charge in [-0.05, 0) is 19.1 Å². The lowest BCUT2D eigenvalue weighted by Crippen LogP contribution is -2.48. The molecule has 5 nitrogen and oxygen atoms in total. The van der Waals surface area contributed by atoms with Crippen LogP contribution in [-0.4, -0.2) is 60.5 Å². The summed E-state index contributed by atoms with van der Waals surface area (Å²) in [7, 11) is 3.53. The first-order valence-electron chi connectivity index (χ1n) is 6.41. The Kier molecular flexibility index (Phi) is 4.04. The molecular formula is C13H22N4O. The molecule has 2 N–H and O–H groups in total. The molecular weight excluding hydrogens is 228 g/mol. The van der Waals surface area contributed by atoms with Crippen molar-refractivity contribution in [1.29, 1.82) is 0 Å². The second-order valence-electron chi connectivity index (χ2n) is 5.19. The third kappa shape index (κ3) is 3.11. The highest BCUT2D eigenvalue weighted by molar-refractivity contribution is 5.92. The predicted molar refractivity (Wildman–Crippen MR) is 71.6 cm³/mol. The van der Waals surface area contributed by atoms with Crippen LogP contribution < -0.4 is 5.32 Å². The Morgan fingerprint density at radius 3 is 2.94 bits per heavy atom. The van der Waals surface area contributed by atoms with E-state index in [9.17, 15) is 4.79 Å².